The summed E-state index contributed by atoms with van der Waals surface area (Å²) in [7, 11) is -1.96. The van der Waals surface area contributed by atoms with Crippen molar-refractivity contribution in [3.63, 3.8) is 0 Å². The van der Waals surface area contributed by atoms with Gasteiger partial charge in [-0.15, -0.1) is 0 Å². The van der Waals surface area contributed by atoms with Gasteiger partial charge in [0.05, 0.1) is 18.0 Å². The van der Waals surface area contributed by atoms with E-state index in [0.29, 0.717) is 18.7 Å². The van der Waals surface area contributed by atoms with Crippen LogP contribution in [0.4, 0.5) is 5.69 Å². The average molecular weight is 461 g/mol. The van der Waals surface area contributed by atoms with E-state index in [4.69, 9.17) is 0 Å². The standard InChI is InChI=1S/C23H32N4O4S/c1-5-17(2)27(32(30,31)22-12-8-19(9-13-22)24-18(3)28)16-23(29)26(20-10-11-20)15-21-7-6-14-25(21)4/h6-9,12-14,17,20H,5,10-11,15-16H2,1-4H3,(H,24,28). The molecule has 1 saturated carbocycles. The number of hydrogen-bond donors (Lipinski definition) is 1. The zero-order valence-corrected chi connectivity index (χ0v) is 19.9. The van der Waals surface area contributed by atoms with Gasteiger partial charge in [-0.1, -0.05) is 6.92 Å². The van der Waals surface area contributed by atoms with E-state index < -0.39 is 10.0 Å². The lowest BCUT2D eigenvalue weighted by atomic mass is 10.2. The number of carbonyl (C=O) groups is 2. The van der Waals surface area contributed by atoms with Crippen molar-refractivity contribution >= 4 is 27.5 Å². The van der Waals surface area contributed by atoms with Crippen LogP contribution in [0.1, 0.15) is 45.7 Å². The lowest BCUT2D eigenvalue weighted by Crippen LogP contribution is -2.47. The Morgan fingerprint density at radius 1 is 1.19 bits per heavy atom. The van der Waals surface area contributed by atoms with Crippen molar-refractivity contribution in [3.05, 3.63) is 48.3 Å². The van der Waals surface area contributed by atoms with E-state index in [1.54, 1.807) is 17.0 Å². The average Bonchev–Trinajstić information content (AvgIpc) is 3.51. The summed E-state index contributed by atoms with van der Waals surface area (Å²) in [5.41, 5.74) is 1.53. The minimum atomic E-state index is -3.89. The van der Waals surface area contributed by atoms with Crippen LogP contribution in [-0.4, -0.2) is 52.6 Å². The molecule has 2 aromatic rings. The van der Waals surface area contributed by atoms with Crippen LogP contribution >= 0.6 is 0 Å². The molecular formula is C23H32N4O4S. The number of aromatic nitrogens is 1. The number of carbonyl (C=O) groups excluding carboxylic acids is 2. The van der Waals surface area contributed by atoms with Crippen LogP contribution in [0.2, 0.25) is 0 Å². The highest BCUT2D eigenvalue weighted by molar-refractivity contribution is 7.89. The molecule has 1 aromatic heterocycles. The number of nitrogens with one attached hydrogen (secondary N) is 1. The largest absolute Gasteiger partial charge is 0.353 e. The van der Waals surface area contributed by atoms with E-state index >= 15 is 0 Å². The van der Waals surface area contributed by atoms with Crippen molar-refractivity contribution in [2.45, 2.75) is 63.6 Å². The maximum Gasteiger partial charge on any atom is 0.243 e. The first-order valence-corrected chi connectivity index (χ1v) is 12.4. The molecule has 3 rings (SSSR count). The van der Waals surface area contributed by atoms with Gasteiger partial charge < -0.3 is 14.8 Å². The van der Waals surface area contributed by atoms with Crippen LogP contribution in [0.15, 0.2) is 47.5 Å². The van der Waals surface area contributed by atoms with E-state index in [2.05, 4.69) is 5.32 Å². The summed E-state index contributed by atoms with van der Waals surface area (Å²) < 4.78 is 30.2. The fourth-order valence-corrected chi connectivity index (χ4v) is 5.25. The highest BCUT2D eigenvalue weighted by Gasteiger charge is 2.37. The summed E-state index contributed by atoms with van der Waals surface area (Å²) in [6.07, 6.45) is 4.40. The van der Waals surface area contributed by atoms with Crippen molar-refractivity contribution in [1.82, 2.24) is 13.8 Å². The Bertz CT molecular complexity index is 1060. The molecule has 1 N–H and O–H groups in total. The molecule has 9 heteroatoms. The summed E-state index contributed by atoms with van der Waals surface area (Å²) in [6, 6.07) is 9.76. The predicted molar refractivity (Wildman–Crippen MR) is 123 cm³/mol. The topological polar surface area (TPSA) is 91.7 Å². The second kappa shape index (κ2) is 9.87. The number of aryl methyl sites for hydroxylation is 1. The highest BCUT2D eigenvalue weighted by Crippen LogP contribution is 2.29. The van der Waals surface area contributed by atoms with Gasteiger partial charge in [0.2, 0.25) is 21.8 Å². The molecule has 1 unspecified atom stereocenters. The Hall–Kier alpha value is -2.65. The first-order chi connectivity index (χ1) is 15.1. The monoisotopic (exact) mass is 460 g/mol. The Morgan fingerprint density at radius 2 is 1.84 bits per heavy atom. The van der Waals surface area contributed by atoms with E-state index in [1.807, 2.05) is 43.8 Å². The predicted octanol–water partition coefficient (Wildman–Crippen LogP) is 2.96. The zero-order chi connectivity index (χ0) is 23.5. The third-order valence-corrected chi connectivity index (χ3v) is 7.82. The van der Waals surface area contributed by atoms with Crippen molar-refractivity contribution in [2.75, 3.05) is 11.9 Å². The molecular weight excluding hydrogens is 428 g/mol. The number of anilines is 1. The SMILES string of the molecule is CCC(C)N(CC(=O)N(Cc1cccn1C)C1CC1)S(=O)(=O)c1ccc(NC(C)=O)cc1. The van der Waals surface area contributed by atoms with Gasteiger partial charge >= 0.3 is 0 Å². The summed E-state index contributed by atoms with van der Waals surface area (Å²) in [4.78, 5) is 26.4. The maximum absolute atomic E-state index is 13.4. The molecule has 1 aliphatic rings. The van der Waals surface area contributed by atoms with E-state index in [-0.39, 0.29) is 35.3 Å². The Balaban J connectivity index is 1.82. The minimum absolute atomic E-state index is 0.0973. The van der Waals surface area contributed by atoms with Gasteiger partial charge in [0.25, 0.3) is 0 Å². The fourth-order valence-electron chi connectivity index (χ4n) is 3.60. The van der Waals surface area contributed by atoms with E-state index in [0.717, 1.165) is 18.5 Å². The van der Waals surface area contributed by atoms with Gasteiger partial charge in [0.15, 0.2) is 0 Å². The molecule has 8 nitrogen and oxygen atoms in total. The number of benzene rings is 1. The van der Waals surface area contributed by atoms with Gasteiger partial charge in [0.1, 0.15) is 0 Å². The Labute approximate surface area is 190 Å². The number of rotatable bonds is 10. The molecule has 32 heavy (non-hydrogen) atoms. The molecule has 2 amide bonds. The number of sulfonamides is 1. The molecule has 0 saturated heterocycles. The van der Waals surface area contributed by atoms with E-state index in [1.165, 1.54) is 23.4 Å². The molecule has 1 heterocycles. The lowest BCUT2D eigenvalue weighted by Gasteiger charge is -2.30. The summed E-state index contributed by atoms with van der Waals surface area (Å²) in [5, 5.41) is 2.63. The molecule has 0 spiro atoms. The van der Waals surface area contributed by atoms with Gasteiger partial charge in [-0.25, -0.2) is 8.42 Å². The molecule has 174 valence electrons. The van der Waals surface area contributed by atoms with Crippen LogP contribution in [0, 0.1) is 0 Å². The minimum Gasteiger partial charge on any atom is -0.353 e. The number of amides is 2. The second-order valence-electron chi connectivity index (χ2n) is 8.38. The Kier molecular flexibility index (Phi) is 7.40. The van der Waals surface area contributed by atoms with Crippen LogP contribution in [-0.2, 0) is 33.2 Å². The summed E-state index contributed by atoms with van der Waals surface area (Å²) in [6.45, 7) is 5.37. The fraction of sp³-hybridized carbons (Fsp3) is 0.478. The van der Waals surface area contributed by atoms with Crippen molar-refractivity contribution in [2.24, 2.45) is 7.05 Å². The summed E-state index contributed by atoms with van der Waals surface area (Å²) >= 11 is 0. The number of nitrogens with zero attached hydrogens (tertiary/aromatic N) is 3. The smallest absolute Gasteiger partial charge is 0.243 e. The van der Waals surface area contributed by atoms with Gasteiger partial charge in [-0.3, -0.25) is 9.59 Å². The third-order valence-electron chi connectivity index (χ3n) is 5.85. The number of hydrogen-bond acceptors (Lipinski definition) is 4. The van der Waals surface area contributed by atoms with Crippen LogP contribution in [0.25, 0.3) is 0 Å². The van der Waals surface area contributed by atoms with Gasteiger partial charge in [-0.2, -0.15) is 4.31 Å². The van der Waals surface area contributed by atoms with Gasteiger partial charge in [0, 0.05) is 43.6 Å². The summed E-state index contributed by atoms with van der Waals surface area (Å²) in [5.74, 6) is -0.418. The molecule has 0 bridgehead atoms. The lowest BCUT2D eigenvalue weighted by molar-refractivity contribution is -0.133. The van der Waals surface area contributed by atoms with Crippen molar-refractivity contribution in [1.29, 1.82) is 0 Å². The van der Waals surface area contributed by atoms with Crippen molar-refractivity contribution < 1.29 is 18.0 Å². The molecule has 0 radical (unpaired) electrons. The van der Waals surface area contributed by atoms with Gasteiger partial charge in [-0.05, 0) is 62.6 Å². The molecule has 1 aliphatic carbocycles. The molecule has 1 atom stereocenters. The second-order valence-corrected chi connectivity index (χ2v) is 10.3. The molecule has 1 aromatic carbocycles. The normalized spacial score (nSPS) is 14.9. The van der Waals surface area contributed by atoms with Crippen LogP contribution in [0.3, 0.4) is 0 Å². The van der Waals surface area contributed by atoms with Crippen LogP contribution in [0.5, 0.6) is 0 Å². The molecule has 0 aliphatic heterocycles. The third kappa shape index (κ3) is 5.58. The quantitative estimate of drug-likeness (QED) is 0.590. The first kappa shape index (κ1) is 24.0. The highest BCUT2D eigenvalue weighted by atomic mass is 32.2. The first-order valence-electron chi connectivity index (χ1n) is 10.9. The molecule has 1 fully saturated rings. The zero-order valence-electron chi connectivity index (χ0n) is 19.1. The van der Waals surface area contributed by atoms with E-state index in [9.17, 15) is 18.0 Å². The maximum atomic E-state index is 13.4. The van der Waals surface area contributed by atoms with Crippen LogP contribution < -0.4 is 5.32 Å². The Morgan fingerprint density at radius 3 is 2.34 bits per heavy atom. The van der Waals surface area contributed by atoms with Crippen molar-refractivity contribution in [3.8, 4) is 0 Å².